The summed E-state index contributed by atoms with van der Waals surface area (Å²) in [5, 5.41) is 3.52. The minimum absolute atomic E-state index is 0.575. The Kier molecular flexibility index (Phi) is 6.28. The number of guanidine groups is 1. The molecule has 0 aromatic heterocycles. The number of nitrogens with zero attached hydrogens (tertiary/aromatic N) is 3. The van der Waals surface area contributed by atoms with E-state index >= 15 is 0 Å². The van der Waals surface area contributed by atoms with Crippen LogP contribution in [0, 0.1) is 5.92 Å². The largest absolute Gasteiger partial charge is 0.496 e. The van der Waals surface area contributed by atoms with Gasteiger partial charge in [0.15, 0.2) is 5.96 Å². The number of nitrogens with one attached hydrogen (secondary N) is 1. The van der Waals surface area contributed by atoms with Crippen LogP contribution in [0.5, 0.6) is 5.75 Å². The van der Waals surface area contributed by atoms with Crippen molar-refractivity contribution in [2.45, 2.75) is 25.4 Å². The maximum atomic E-state index is 5.44. The molecule has 23 heavy (non-hydrogen) atoms. The van der Waals surface area contributed by atoms with Gasteiger partial charge in [-0.15, -0.1) is 0 Å². The monoisotopic (exact) mass is 318 g/mol. The summed E-state index contributed by atoms with van der Waals surface area (Å²) in [7, 11) is 9.92. The Hall–Kier alpha value is -1.75. The van der Waals surface area contributed by atoms with Crippen molar-refractivity contribution in [3.05, 3.63) is 29.8 Å². The van der Waals surface area contributed by atoms with Crippen LogP contribution in [0.15, 0.2) is 29.3 Å². The molecule has 1 saturated carbocycles. The van der Waals surface area contributed by atoms with Crippen LogP contribution >= 0.6 is 0 Å². The Labute approximate surface area is 140 Å². The molecule has 1 aliphatic carbocycles. The third-order valence-corrected chi connectivity index (χ3v) is 4.47. The van der Waals surface area contributed by atoms with Crippen molar-refractivity contribution in [1.29, 1.82) is 0 Å². The molecule has 1 fully saturated rings. The van der Waals surface area contributed by atoms with Crippen molar-refractivity contribution < 1.29 is 4.74 Å². The van der Waals surface area contributed by atoms with Crippen molar-refractivity contribution in [2.75, 3.05) is 41.8 Å². The lowest BCUT2D eigenvalue weighted by Crippen LogP contribution is -2.46. The van der Waals surface area contributed by atoms with Crippen molar-refractivity contribution in [1.82, 2.24) is 15.1 Å². The fraction of sp³-hybridized carbons (Fsp3) is 0.611. The predicted molar refractivity (Wildman–Crippen MR) is 96.0 cm³/mol. The van der Waals surface area contributed by atoms with Crippen LogP contribution in [-0.2, 0) is 6.54 Å². The average Bonchev–Trinajstić information content (AvgIpc) is 3.36. The van der Waals surface area contributed by atoms with Crippen molar-refractivity contribution >= 4 is 5.96 Å². The molecule has 1 aliphatic rings. The van der Waals surface area contributed by atoms with E-state index in [0.717, 1.165) is 36.3 Å². The molecule has 1 aromatic rings. The second-order valence-electron chi connectivity index (χ2n) is 6.46. The molecule has 0 aliphatic heterocycles. The first-order chi connectivity index (χ1) is 11.1. The highest BCUT2D eigenvalue weighted by Crippen LogP contribution is 2.34. The van der Waals surface area contributed by atoms with Crippen LogP contribution in [0.1, 0.15) is 18.4 Å². The smallest absolute Gasteiger partial charge is 0.193 e. The van der Waals surface area contributed by atoms with Gasteiger partial charge in [0.2, 0.25) is 0 Å². The number of aliphatic imine (C=N–C) groups is 1. The van der Waals surface area contributed by atoms with Gasteiger partial charge >= 0.3 is 0 Å². The van der Waals surface area contributed by atoms with Gasteiger partial charge in [0, 0.05) is 38.8 Å². The minimum Gasteiger partial charge on any atom is -0.496 e. The lowest BCUT2D eigenvalue weighted by molar-refractivity contribution is 0.262. The molecule has 0 radical (unpaired) electrons. The number of benzene rings is 1. The Morgan fingerprint density at radius 2 is 2.00 bits per heavy atom. The van der Waals surface area contributed by atoms with Crippen LogP contribution in [0.2, 0.25) is 0 Å². The molecule has 1 aromatic carbocycles. The van der Waals surface area contributed by atoms with E-state index < -0.39 is 0 Å². The molecule has 128 valence electrons. The molecule has 5 heteroatoms. The summed E-state index contributed by atoms with van der Waals surface area (Å²) < 4.78 is 5.44. The standard InChI is InChI=1S/C18H30N4O/c1-19-18(20-12-16(21(2)3)14-10-11-14)22(4)13-15-8-6-7-9-17(15)23-5/h6-9,14,16H,10-13H2,1-5H3,(H,19,20). The number of ether oxygens (including phenoxy) is 1. The molecule has 1 unspecified atom stereocenters. The maximum Gasteiger partial charge on any atom is 0.193 e. The van der Waals surface area contributed by atoms with E-state index in [2.05, 4.69) is 47.3 Å². The molecule has 5 nitrogen and oxygen atoms in total. The van der Waals surface area contributed by atoms with Gasteiger partial charge in [-0.1, -0.05) is 18.2 Å². The highest BCUT2D eigenvalue weighted by molar-refractivity contribution is 5.79. The van der Waals surface area contributed by atoms with Crippen LogP contribution in [0.3, 0.4) is 0 Å². The number of likely N-dealkylation sites (N-methyl/N-ethyl adjacent to an activating group) is 1. The first kappa shape index (κ1) is 17.6. The second-order valence-corrected chi connectivity index (χ2v) is 6.46. The van der Waals surface area contributed by atoms with Crippen molar-refractivity contribution in [3.8, 4) is 5.75 Å². The van der Waals surface area contributed by atoms with Crippen molar-refractivity contribution in [3.63, 3.8) is 0 Å². The fourth-order valence-electron chi connectivity index (χ4n) is 3.00. The van der Waals surface area contributed by atoms with E-state index in [1.165, 1.54) is 12.8 Å². The average molecular weight is 318 g/mol. The molecule has 0 spiro atoms. The number of hydrogen-bond acceptors (Lipinski definition) is 3. The SMILES string of the molecule is CN=C(NCC(C1CC1)N(C)C)N(C)Cc1ccccc1OC. The number of para-hydroxylation sites is 1. The summed E-state index contributed by atoms with van der Waals surface area (Å²) in [4.78, 5) is 8.88. The van der Waals surface area contributed by atoms with E-state index in [4.69, 9.17) is 4.74 Å². The molecule has 1 N–H and O–H groups in total. The Morgan fingerprint density at radius 1 is 1.30 bits per heavy atom. The molecular formula is C18H30N4O. The van der Waals surface area contributed by atoms with Crippen LogP contribution < -0.4 is 10.1 Å². The van der Waals surface area contributed by atoms with Gasteiger partial charge in [-0.3, -0.25) is 4.99 Å². The summed E-state index contributed by atoms with van der Waals surface area (Å²) >= 11 is 0. The summed E-state index contributed by atoms with van der Waals surface area (Å²) in [5.74, 6) is 2.66. The number of hydrogen-bond donors (Lipinski definition) is 1. The van der Waals surface area contributed by atoms with Gasteiger partial charge in [0.05, 0.1) is 7.11 Å². The van der Waals surface area contributed by atoms with Crippen LogP contribution in [-0.4, -0.2) is 63.6 Å². The molecule has 0 bridgehead atoms. The second kappa shape index (κ2) is 8.20. The van der Waals surface area contributed by atoms with E-state index in [1.807, 2.05) is 25.2 Å². The highest BCUT2D eigenvalue weighted by atomic mass is 16.5. The summed E-state index contributed by atoms with van der Waals surface area (Å²) in [5.41, 5.74) is 1.16. The molecule has 2 rings (SSSR count). The quantitative estimate of drug-likeness (QED) is 0.617. The zero-order valence-electron chi connectivity index (χ0n) is 15.0. The van der Waals surface area contributed by atoms with Gasteiger partial charge in [-0.2, -0.15) is 0 Å². The van der Waals surface area contributed by atoms with E-state index in [1.54, 1.807) is 7.11 Å². The lowest BCUT2D eigenvalue weighted by Gasteiger charge is -2.28. The number of methoxy groups -OCH3 is 1. The van der Waals surface area contributed by atoms with E-state index in [-0.39, 0.29) is 0 Å². The van der Waals surface area contributed by atoms with E-state index in [0.29, 0.717) is 6.04 Å². The van der Waals surface area contributed by atoms with Gasteiger partial charge < -0.3 is 19.9 Å². The molecular weight excluding hydrogens is 288 g/mol. The maximum absolute atomic E-state index is 5.44. The zero-order chi connectivity index (χ0) is 16.8. The Bertz CT molecular complexity index is 524. The first-order valence-electron chi connectivity index (χ1n) is 8.27. The summed E-state index contributed by atoms with van der Waals surface area (Å²) in [6.45, 7) is 1.69. The van der Waals surface area contributed by atoms with Gasteiger partial charge in [-0.05, 0) is 38.9 Å². The third kappa shape index (κ3) is 4.86. The van der Waals surface area contributed by atoms with Crippen LogP contribution in [0.25, 0.3) is 0 Å². The minimum atomic E-state index is 0.575. The zero-order valence-corrected chi connectivity index (χ0v) is 15.0. The topological polar surface area (TPSA) is 40.1 Å². The number of rotatable bonds is 7. The van der Waals surface area contributed by atoms with Crippen LogP contribution in [0.4, 0.5) is 0 Å². The molecule has 0 heterocycles. The normalized spacial score (nSPS) is 16.3. The van der Waals surface area contributed by atoms with Gasteiger partial charge in [0.1, 0.15) is 5.75 Å². The summed E-state index contributed by atoms with van der Waals surface area (Å²) in [6.07, 6.45) is 2.69. The molecule has 0 amide bonds. The highest BCUT2D eigenvalue weighted by Gasteiger charge is 2.32. The van der Waals surface area contributed by atoms with Crippen molar-refractivity contribution in [2.24, 2.45) is 10.9 Å². The molecule has 1 atom stereocenters. The van der Waals surface area contributed by atoms with Gasteiger partial charge in [-0.25, -0.2) is 0 Å². The summed E-state index contributed by atoms with van der Waals surface area (Å²) in [6, 6.07) is 8.69. The third-order valence-electron chi connectivity index (χ3n) is 4.47. The first-order valence-corrected chi connectivity index (χ1v) is 8.27. The fourth-order valence-corrected chi connectivity index (χ4v) is 3.00. The van der Waals surface area contributed by atoms with E-state index in [9.17, 15) is 0 Å². The lowest BCUT2D eigenvalue weighted by atomic mass is 10.1. The Morgan fingerprint density at radius 3 is 2.57 bits per heavy atom. The Balaban J connectivity index is 1.94. The van der Waals surface area contributed by atoms with Gasteiger partial charge in [0.25, 0.3) is 0 Å². The predicted octanol–water partition coefficient (Wildman–Crippen LogP) is 2.04. The molecule has 0 saturated heterocycles.